The molecule has 1 heterocycles. The van der Waals surface area contributed by atoms with Crippen LogP contribution in [0.5, 0.6) is 0 Å². The molecule has 0 aromatic heterocycles. The molecule has 2 unspecified atom stereocenters. The van der Waals surface area contributed by atoms with Crippen molar-refractivity contribution >= 4 is 15.7 Å². The molecule has 0 spiro atoms. The van der Waals surface area contributed by atoms with Crippen molar-refractivity contribution in [3.63, 3.8) is 0 Å². The lowest BCUT2D eigenvalue weighted by Crippen LogP contribution is -2.49. The molecular weight excluding hydrogens is 264 g/mol. The molecule has 6 heteroatoms. The highest BCUT2D eigenvalue weighted by molar-refractivity contribution is 7.91. The smallest absolute Gasteiger partial charge is 0.239 e. The number of carbonyl (C=O) groups is 1. The fraction of sp³-hybridized carbons (Fsp3) is 0.923. The zero-order chi connectivity index (χ0) is 14.5. The summed E-state index contributed by atoms with van der Waals surface area (Å²) in [6.45, 7) is 4.66. The molecule has 5 nitrogen and oxygen atoms in total. The fourth-order valence-corrected chi connectivity index (χ4v) is 4.20. The Morgan fingerprint density at radius 3 is 2.53 bits per heavy atom. The summed E-state index contributed by atoms with van der Waals surface area (Å²) in [6.07, 6.45) is 3.93. The lowest BCUT2D eigenvalue weighted by Gasteiger charge is -2.30. The largest absolute Gasteiger partial charge is 0.337 e. The number of hydrogen-bond donors (Lipinski definition) is 1. The number of nitrogens with zero attached hydrogens (tertiary/aromatic N) is 1. The molecule has 1 aliphatic heterocycles. The molecule has 1 fully saturated rings. The van der Waals surface area contributed by atoms with Gasteiger partial charge in [-0.05, 0) is 19.3 Å². The monoisotopic (exact) mass is 290 g/mol. The first-order chi connectivity index (χ1) is 8.91. The number of rotatable bonds is 7. The molecule has 19 heavy (non-hydrogen) atoms. The van der Waals surface area contributed by atoms with Gasteiger partial charge in [0.25, 0.3) is 0 Å². The second kappa shape index (κ2) is 7.24. The number of carbonyl (C=O) groups excluding carboxylic acids is 1. The van der Waals surface area contributed by atoms with Crippen LogP contribution in [0.3, 0.4) is 0 Å². The van der Waals surface area contributed by atoms with Gasteiger partial charge in [-0.1, -0.05) is 26.7 Å². The van der Waals surface area contributed by atoms with Gasteiger partial charge in [0.15, 0.2) is 9.84 Å². The van der Waals surface area contributed by atoms with Crippen LogP contribution in [0.25, 0.3) is 0 Å². The Bertz CT molecular complexity index is 395. The molecule has 1 rings (SSSR count). The summed E-state index contributed by atoms with van der Waals surface area (Å²) < 4.78 is 23.1. The van der Waals surface area contributed by atoms with E-state index in [2.05, 4.69) is 6.92 Å². The van der Waals surface area contributed by atoms with Crippen LogP contribution in [0.15, 0.2) is 0 Å². The van der Waals surface area contributed by atoms with Gasteiger partial charge >= 0.3 is 0 Å². The van der Waals surface area contributed by atoms with E-state index in [1.54, 1.807) is 4.90 Å². The Kier molecular flexibility index (Phi) is 6.26. The van der Waals surface area contributed by atoms with E-state index in [1.807, 2.05) is 6.92 Å². The van der Waals surface area contributed by atoms with E-state index in [-0.39, 0.29) is 23.5 Å². The SMILES string of the molecule is CCCCN(C(=O)C(N)CCC)C1CCS(=O)(=O)C1. The average Bonchev–Trinajstić information content (AvgIpc) is 2.70. The van der Waals surface area contributed by atoms with Gasteiger partial charge in [-0.2, -0.15) is 0 Å². The lowest BCUT2D eigenvalue weighted by molar-refractivity contribution is -0.134. The first kappa shape index (κ1) is 16.4. The number of hydrogen-bond acceptors (Lipinski definition) is 4. The minimum Gasteiger partial charge on any atom is -0.337 e. The Morgan fingerprint density at radius 2 is 2.05 bits per heavy atom. The van der Waals surface area contributed by atoms with Crippen LogP contribution in [0.4, 0.5) is 0 Å². The van der Waals surface area contributed by atoms with Crippen molar-refractivity contribution in [1.29, 1.82) is 0 Å². The number of unbranched alkanes of at least 4 members (excludes halogenated alkanes) is 1. The van der Waals surface area contributed by atoms with Crippen molar-refractivity contribution in [2.45, 2.75) is 58.0 Å². The number of nitrogens with two attached hydrogens (primary N) is 1. The second-order valence-electron chi connectivity index (χ2n) is 5.34. The summed E-state index contributed by atoms with van der Waals surface area (Å²) in [4.78, 5) is 14.1. The van der Waals surface area contributed by atoms with Crippen molar-refractivity contribution in [2.24, 2.45) is 5.73 Å². The first-order valence-electron chi connectivity index (χ1n) is 7.17. The Morgan fingerprint density at radius 1 is 1.37 bits per heavy atom. The molecule has 2 atom stereocenters. The van der Waals surface area contributed by atoms with Gasteiger partial charge < -0.3 is 10.6 Å². The molecule has 0 aromatic rings. The van der Waals surface area contributed by atoms with Gasteiger partial charge in [0, 0.05) is 12.6 Å². The highest BCUT2D eigenvalue weighted by Crippen LogP contribution is 2.19. The van der Waals surface area contributed by atoms with Gasteiger partial charge in [0.05, 0.1) is 17.5 Å². The summed E-state index contributed by atoms with van der Waals surface area (Å²) in [5, 5.41) is 0. The minimum atomic E-state index is -2.97. The van der Waals surface area contributed by atoms with Gasteiger partial charge in [0.1, 0.15) is 0 Å². The van der Waals surface area contributed by atoms with E-state index >= 15 is 0 Å². The average molecular weight is 290 g/mol. The van der Waals surface area contributed by atoms with Gasteiger partial charge in [-0.25, -0.2) is 8.42 Å². The van der Waals surface area contributed by atoms with E-state index < -0.39 is 15.9 Å². The van der Waals surface area contributed by atoms with E-state index in [1.165, 1.54) is 0 Å². The Balaban J connectivity index is 2.74. The fourth-order valence-electron chi connectivity index (χ4n) is 2.47. The van der Waals surface area contributed by atoms with Crippen LogP contribution < -0.4 is 5.73 Å². The summed E-state index contributed by atoms with van der Waals surface area (Å²) >= 11 is 0. The third-order valence-electron chi connectivity index (χ3n) is 3.60. The predicted octanol–water partition coefficient (Wildman–Crippen LogP) is 0.930. The molecule has 0 radical (unpaired) electrons. The maximum absolute atomic E-state index is 12.3. The van der Waals surface area contributed by atoms with Crippen LogP contribution in [-0.4, -0.2) is 49.4 Å². The first-order valence-corrected chi connectivity index (χ1v) is 9.00. The molecule has 0 saturated carbocycles. The van der Waals surface area contributed by atoms with Gasteiger partial charge in [-0.15, -0.1) is 0 Å². The Hall–Kier alpha value is -0.620. The van der Waals surface area contributed by atoms with Crippen molar-refractivity contribution in [1.82, 2.24) is 4.90 Å². The topological polar surface area (TPSA) is 80.5 Å². The zero-order valence-corrected chi connectivity index (χ0v) is 12.8. The number of sulfone groups is 1. The van der Waals surface area contributed by atoms with E-state index in [0.717, 1.165) is 19.3 Å². The van der Waals surface area contributed by atoms with Crippen LogP contribution >= 0.6 is 0 Å². The highest BCUT2D eigenvalue weighted by Gasteiger charge is 2.35. The zero-order valence-electron chi connectivity index (χ0n) is 12.0. The van der Waals surface area contributed by atoms with E-state index in [0.29, 0.717) is 19.4 Å². The maximum Gasteiger partial charge on any atom is 0.239 e. The van der Waals surface area contributed by atoms with Crippen molar-refractivity contribution in [3.8, 4) is 0 Å². The van der Waals surface area contributed by atoms with Gasteiger partial charge in [-0.3, -0.25) is 4.79 Å². The molecule has 112 valence electrons. The maximum atomic E-state index is 12.3. The predicted molar refractivity (Wildman–Crippen MR) is 76.6 cm³/mol. The molecule has 0 aromatic carbocycles. The summed E-state index contributed by atoms with van der Waals surface area (Å²) in [7, 11) is -2.97. The highest BCUT2D eigenvalue weighted by atomic mass is 32.2. The molecule has 1 saturated heterocycles. The van der Waals surface area contributed by atoms with Crippen LogP contribution in [0, 0.1) is 0 Å². The standard InChI is InChI=1S/C13H26N2O3S/c1-3-5-8-15(13(16)12(14)6-4-2)11-7-9-19(17,18)10-11/h11-12H,3-10,14H2,1-2H3. The molecule has 2 N–H and O–H groups in total. The van der Waals surface area contributed by atoms with E-state index in [9.17, 15) is 13.2 Å². The van der Waals surface area contributed by atoms with Crippen molar-refractivity contribution < 1.29 is 13.2 Å². The third kappa shape index (κ3) is 4.76. The second-order valence-corrected chi connectivity index (χ2v) is 7.57. The molecule has 1 aliphatic rings. The Labute approximate surface area is 116 Å². The molecular formula is C13H26N2O3S. The summed E-state index contributed by atoms with van der Waals surface area (Å²) in [5.41, 5.74) is 5.89. The quantitative estimate of drug-likeness (QED) is 0.756. The summed E-state index contributed by atoms with van der Waals surface area (Å²) in [5.74, 6) is 0.204. The number of amides is 1. The normalized spacial score (nSPS) is 23.2. The minimum absolute atomic E-state index is 0.0857. The summed E-state index contributed by atoms with van der Waals surface area (Å²) in [6, 6.07) is -0.669. The molecule has 0 bridgehead atoms. The van der Waals surface area contributed by atoms with Crippen LogP contribution in [0.2, 0.25) is 0 Å². The van der Waals surface area contributed by atoms with Gasteiger partial charge in [0.2, 0.25) is 5.91 Å². The van der Waals surface area contributed by atoms with Crippen LogP contribution in [-0.2, 0) is 14.6 Å². The van der Waals surface area contributed by atoms with E-state index in [4.69, 9.17) is 5.73 Å². The third-order valence-corrected chi connectivity index (χ3v) is 5.35. The molecule has 1 amide bonds. The van der Waals surface area contributed by atoms with Crippen LogP contribution in [0.1, 0.15) is 46.0 Å². The molecule has 0 aliphatic carbocycles. The lowest BCUT2D eigenvalue weighted by atomic mass is 10.1. The van der Waals surface area contributed by atoms with Crippen molar-refractivity contribution in [2.75, 3.05) is 18.1 Å². The van der Waals surface area contributed by atoms with Crippen molar-refractivity contribution in [3.05, 3.63) is 0 Å².